The molecular weight excluding hydrogens is 360 g/mol. The van der Waals surface area contributed by atoms with E-state index in [1.54, 1.807) is 11.9 Å². The summed E-state index contributed by atoms with van der Waals surface area (Å²) in [6.45, 7) is 1.67. The van der Waals surface area contributed by atoms with E-state index in [-0.39, 0.29) is 23.4 Å². The van der Waals surface area contributed by atoms with Crippen molar-refractivity contribution in [3.63, 3.8) is 0 Å². The second kappa shape index (κ2) is 7.99. The molecule has 2 aromatic rings. The average Bonchev–Trinajstić information content (AvgIpc) is 2.61. The molecule has 0 aliphatic rings. The minimum absolute atomic E-state index is 0.103. The van der Waals surface area contributed by atoms with E-state index in [1.165, 1.54) is 31.3 Å². The van der Waals surface area contributed by atoms with Crippen LogP contribution in [0.4, 0.5) is 0 Å². The van der Waals surface area contributed by atoms with Crippen LogP contribution in [0, 0.1) is 0 Å². The molecule has 0 spiro atoms. The van der Waals surface area contributed by atoms with Gasteiger partial charge in [-0.15, -0.1) is 0 Å². The molecule has 134 valence electrons. The maximum absolute atomic E-state index is 12.6. The quantitative estimate of drug-likeness (QED) is 0.773. The lowest BCUT2D eigenvalue weighted by Gasteiger charge is -2.27. The molecule has 2 aromatic carbocycles. The number of benzene rings is 2. The molecule has 0 aromatic heterocycles. The van der Waals surface area contributed by atoms with Crippen molar-refractivity contribution in [3.8, 4) is 0 Å². The van der Waals surface area contributed by atoms with E-state index in [9.17, 15) is 13.2 Å². The molecule has 0 saturated carbocycles. The third-order valence-corrected chi connectivity index (χ3v) is 6.21. The van der Waals surface area contributed by atoms with Crippen LogP contribution in [-0.4, -0.2) is 44.2 Å². The number of hydrogen-bond donors (Lipinski definition) is 0. The molecule has 0 aliphatic carbocycles. The standard InChI is InChI=1S/C18H21ClN2O3S/c1-14(15-7-5-4-6-8-15)21(3)18(22)13-20(2)25(23,24)17-11-9-16(19)10-12-17/h4-12,14H,13H2,1-3H3. The third-order valence-electron chi connectivity index (χ3n) is 4.14. The van der Waals surface area contributed by atoms with Crippen molar-refractivity contribution in [1.82, 2.24) is 9.21 Å². The third kappa shape index (κ3) is 4.60. The first kappa shape index (κ1) is 19.4. The summed E-state index contributed by atoms with van der Waals surface area (Å²) in [6.07, 6.45) is 0. The zero-order valence-electron chi connectivity index (χ0n) is 14.4. The molecule has 0 saturated heterocycles. The normalized spacial score (nSPS) is 12.8. The van der Waals surface area contributed by atoms with Crippen molar-refractivity contribution < 1.29 is 13.2 Å². The van der Waals surface area contributed by atoms with Crippen LogP contribution in [0.15, 0.2) is 59.5 Å². The first-order chi connectivity index (χ1) is 11.7. The van der Waals surface area contributed by atoms with E-state index < -0.39 is 10.0 Å². The van der Waals surface area contributed by atoms with Crippen LogP contribution in [0.25, 0.3) is 0 Å². The second-order valence-electron chi connectivity index (χ2n) is 5.81. The Hall–Kier alpha value is -1.89. The molecule has 0 aliphatic heterocycles. The Balaban J connectivity index is 2.09. The van der Waals surface area contributed by atoms with E-state index >= 15 is 0 Å². The largest absolute Gasteiger partial charge is 0.338 e. The van der Waals surface area contributed by atoms with Gasteiger partial charge in [0.25, 0.3) is 0 Å². The predicted octanol–water partition coefficient (Wildman–Crippen LogP) is 3.18. The molecule has 1 atom stereocenters. The first-order valence-electron chi connectivity index (χ1n) is 7.76. The monoisotopic (exact) mass is 380 g/mol. The number of sulfonamides is 1. The number of halogens is 1. The van der Waals surface area contributed by atoms with Crippen LogP contribution < -0.4 is 0 Å². The molecule has 1 amide bonds. The second-order valence-corrected chi connectivity index (χ2v) is 8.29. The molecule has 0 fully saturated rings. The fourth-order valence-corrected chi connectivity index (χ4v) is 3.59. The molecule has 0 radical (unpaired) electrons. The first-order valence-corrected chi connectivity index (χ1v) is 9.58. The zero-order valence-corrected chi connectivity index (χ0v) is 16.0. The smallest absolute Gasteiger partial charge is 0.243 e. The Morgan fingerprint density at radius 3 is 2.16 bits per heavy atom. The van der Waals surface area contributed by atoms with Crippen LogP contribution in [-0.2, 0) is 14.8 Å². The average molecular weight is 381 g/mol. The fraction of sp³-hybridized carbons (Fsp3) is 0.278. The summed E-state index contributed by atoms with van der Waals surface area (Å²) in [4.78, 5) is 14.1. The van der Waals surface area contributed by atoms with Crippen LogP contribution in [0.5, 0.6) is 0 Å². The summed E-state index contributed by atoms with van der Waals surface area (Å²) in [5.41, 5.74) is 0.988. The van der Waals surface area contributed by atoms with Crippen molar-refractivity contribution in [2.75, 3.05) is 20.6 Å². The van der Waals surface area contributed by atoms with Crippen LogP contribution >= 0.6 is 11.6 Å². The summed E-state index contributed by atoms with van der Waals surface area (Å²) in [7, 11) is -0.686. The molecule has 1 unspecified atom stereocenters. The van der Waals surface area contributed by atoms with Gasteiger partial charge in [-0.2, -0.15) is 4.31 Å². The van der Waals surface area contributed by atoms with Crippen LogP contribution in [0.1, 0.15) is 18.5 Å². The van der Waals surface area contributed by atoms with Crippen LogP contribution in [0.2, 0.25) is 5.02 Å². The highest BCUT2D eigenvalue weighted by Crippen LogP contribution is 2.20. The number of likely N-dealkylation sites (N-methyl/N-ethyl adjacent to an activating group) is 2. The molecule has 25 heavy (non-hydrogen) atoms. The highest BCUT2D eigenvalue weighted by molar-refractivity contribution is 7.89. The van der Waals surface area contributed by atoms with E-state index in [0.717, 1.165) is 9.87 Å². The van der Waals surface area contributed by atoms with E-state index in [4.69, 9.17) is 11.6 Å². The molecule has 0 N–H and O–H groups in total. The molecule has 5 nitrogen and oxygen atoms in total. The van der Waals surface area contributed by atoms with Gasteiger partial charge in [-0.1, -0.05) is 41.9 Å². The number of carbonyl (C=O) groups is 1. The van der Waals surface area contributed by atoms with Gasteiger partial charge in [0.1, 0.15) is 0 Å². The lowest BCUT2D eigenvalue weighted by Crippen LogP contribution is -2.40. The van der Waals surface area contributed by atoms with E-state index in [0.29, 0.717) is 5.02 Å². The Morgan fingerprint density at radius 2 is 1.60 bits per heavy atom. The van der Waals surface area contributed by atoms with E-state index in [1.807, 2.05) is 37.3 Å². The van der Waals surface area contributed by atoms with Crippen molar-refractivity contribution >= 4 is 27.5 Å². The lowest BCUT2D eigenvalue weighted by atomic mass is 10.1. The van der Waals surface area contributed by atoms with Crippen molar-refractivity contribution in [1.29, 1.82) is 0 Å². The predicted molar refractivity (Wildman–Crippen MR) is 98.9 cm³/mol. The number of hydrogen-bond acceptors (Lipinski definition) is 3. The summed E-state index contributed by atoms with van der Waals surface area (Å²) in [5, 5.41) is 0.453. The van der Waals surface area contributed by atoms with Gasteiger partial charge in [0.2, 0.25) is 15.9 Å². The molecular formula is C18H21ClN2O3S. The Kier molecular flexibility index (Phi) is 6.21. The molecule has 0 bridgehead atoms. The summed E-state index contributed by atoms with van der Waals surface area (Å²) < 4.78 is 26.2. The van der Waals surface area contributed by atoms with E-state index in [2.05, 4.69) is 0 Å². The van der Waals surface area contributed by atoms with Gasteiger partial charge in [0.15, 0.2) is 0 Å². The van der Waals surface area contributed by atoms with Gasteiger partial charge in [-0.05, 0) is 36.8 Å². The maximum Gasteiger partial charge on any atom is 0.243 e. The molecule has 2 rings (SSSR count). The number of carbonyl (C=O) groups excluding carboxylic acids is 1. The zero-order chi connectivity index (χ0) is 18.6. The van der Waals surface area contributed by atoms with Gasteiger partial charge >= 0.3 is 0 Å². The number of rotatable bonds is 6. The Morgan fingerprint density at radius 1 is 1.04 bits per heavy atom. The van der Waals surface area contributed by atoms with Crippen molar-refractivity contribution in [2.24, 2.45) is 0 Å². The highest BCUT2D eigenvalue weighted by Gasteiger charge is 2.26. The van der Waals surface area contributed by atoms with Gasteiger partial charge in [-0.3, -0.25) is 4.79 Å². The minimum atomic E-state index is -3.75. The topological polar surface area (TPSA) is 57.7 Å². The minimum Gasteiger partial charge on any atom is -0.338 e. The SMILES string of the molecule is CC(c1ccccc1)N(C)C(=O)CN(C)S(=O)(=O)c1ccc(Cl)cc1. The highest BCUT2D eigenvalue weighted by atomic mass is 35.5. The van der Waals surface area contributed by atoms with Gasteiger partial charge in [0.05, 0.1) is 17.5 Å². The number of nitrogens with zero attached hydrogens (tertiary/aromatic N) is 2. The van der Waals surface area contributed by atoms with Crippen LogP contribution in [0.3, 0.4) is 0 Å². The summed E-state index contributed by atoms with van der Waals surface area (Å²) in [5.74, 6) is -0.281. The fourth-order valence-electron chi connectivity index (χ4n) is 2.34. The lowest BCUT2D eigenvalue weighted by molar-refractivity contribution is -0.131. The van der Waals surface area contributed by atoms with Crippen molar-refractivity contribution in [3.05, 3.63) is 65.2 Å². The summed E-state index contributed by atoms with van der Waals surface area (Å²) in [6, 6.07) is 15.3. The number of amides is 1. The maximum atomic E-state index is 12.6. The summed E-state index contributed by atoms with van der Waals surface area (Å²) >= 11 is 5.79. The molecule has 0 heterocycles. The van der Waals surface area contributed by atoms with Gasteiger partial charge in [0, 0.05) is 19.1 Å². The van der Waals surface area contributed by atoms with Crippen molar-refractivity contribution in [2.45, 2.75) is 17.9 Å². The van der Waals surface area contributed by atoms with Gasteiger partial charge in [-0.25, -0.2) is 8.42 Å². The molecule has 7 heteroatoms. The Bertz CT molecular complexity index is 823. The Labute approximate surface area is 153 Å². The van der Waals surface area contributed by atoms with Gasteiger partial charge < -0.3 is 4.90 Å².